The standard InChI is InChI=1S/C14H15NO/c1-10-9-12(7-8-13(10)16)14(15)11-5-3-2-4-6-11/h2-9,14,16H,15H2,1H3. The van der Waals surface area contributed by atoms with Crippen LogP contribution in [0.5, 0.6) is 5.75 Å². The van der Waals surface area contributed by atoms with Crippen molar-refractivity contribution in [1.82, 2.24) is 0 Å². The molecule has 0 aliphatic carbocycles. The first kappa shape index (κ1) is 10.7. The molecule has 0 heterocycles. The van der Waals surface area contributed by atoms with E-state index in [1.807, 2.05) is 49.4 Å². The van der Waals surface area contributed by atoms with Gasteiger partial charge in [-0.15, -0.1) is 0 Å². The molecule has 0 fully saturated rings. The van der Waals surface area contributed by atoms with Crippen LogP contribution in [0.4, 0.5) is 0 Å². The summed E-state index contributed by atoms with van der Waals surface area (Å²) >= 11 is 0. The largest absolute Gasteiger partial charge is 0.508 e. The molecule has 16 heavy (non-hydrogen) atoms. The minimum atomic E-state index is -0.138. The normalized spacial score (nSPS) is 12.4. The Bertz CT molecular complexity index is 479. The van der Waals surface area contributed by atoms with Gasteiger partial charge in [0.2, 0.25) is 0 Å². The van der Waals surface area contributed by atoms with Gasteiger partial charge in [0, 0.05) is 0 Å². The second-order valence-corrected chi connectivity index (χ2v) is 3.93. The van der Waals surface area contributed by atoms with Gasteiger partial charge >= 0.3 is 0 Å². The molecule has 2 rings (SSSR count). The highest BCUT2D eigenvalue weighted by molar-refractivity contribution is 5.39. The number of rotatable bonds is 2. The SMILES string of the molecule is Cc1cc(C(N)c2ccccc2)ccc1O. The molecule has 0 saturated carbocycles. The van der Waals surface area contributed by atoms with Gasteiger partial charge in [-0.05, 0) is 29.7 Å². The minimum absolute atomic E-state index is 0.138. The lowest BCUT2D eigenvalue weighted by Crippen LogP contribution is -2.11. The number of benzene rings is 2. The Labute approximate surface area is 95.4 Å². The van der Waals surface area contributed by atoms with E-state index in [1.54, 1.807) is 6.07 Å². The molecule has 0 spiro atoms. The predicted molar refractivity (Wildman–Crippen MR) is 65.3 cm³/mol. The third-order valence-corrected chi connectivity index (χ3v) is 2.74. The van der Waals surface area contributed by atoms with Crippen LogP contribution < -0.4 is 5.73 Å². The fraction of sp³-hybridized carbons (Fsp3) is 0.143. The number of hydrogen-bond donors (Lipinski definition) is 2. The van der Waals surface area contributed by atoms with Crippen molar-refractivity contribution < 1.29 is 5.11 Å². The Morgan fingerprint density at radius 1 is 1.00 bits per heavy atom. The van der Waals surface area contributed by atoms with Gasteiger partial charge in [0.15, 0.2) is 0 Å². The van der Waals surface area contributed by atoms with E-state index < -0.39 is 0 Å². The summed E-state index contributed by atoms with van der Waals surface area (Å²) in [5, 5.41) is 9.46. The molecule has 2 heteroatoms. The highest BCUT2D eigenvalue weighted by Crippen LogP contribution is 2.24. The molecule has 0 bridgehead atoms. The maximum Gasteiger partial charge on any atom is 0.118 e. The Morgan fingerprint density at radius 3 is 2.31 bits per heavy atom. The zero-order valence-corrected chi connectivity index (χ0v) is 9.22. The first-order valence-corrected chi connectivity index (χ1v) is 5.28. The van der Waals surface area contributed by atoms with Gasteiger partial charge in [-0.2, -0.15) is 0 Å². The molecule has 0 aliphatic heterocycles. The van der Waals surface area contributed by atoms with Gasteiger partial charge < -0.3 is 10.8 Å². The topological polar surface area (TPSA) is 46.2 Å². The summed E-state index contributed by atoms with van der Waals surface area (Å²) in [5.41, 5.74) is 9.10. The zero-order chi connectivity index (χ0) is 11.5. The third kappa shape index (κ3) is 2.07. The Hall–Kier alpha value is -1.80. The monoisotopic (exact) mass is 213 g/mol. The molecule has 0 aromatic heterocycles. The lowest BCUT2D eigenvalue weighted by molar-refractivity contribution is 0.470. The van der Waals surface area contributed by atoms with Crippen molar-refractivity contribution in [3.05, 3.63) is 65.2 Å². The molecule has 2 nitrogen and oxygen atoms in total. The maximum atomic E-state index is 9.46. The number of hydrogen-bond acceptors (Lipinski definition) is 2. The Kier molecular flexibility index (Phi) is 2.93. The van der Waals surface area contributed by atoms with Crippen molar-refractivity contribution in [2.24, 2.45) is 5.73 Å². The number of phenolic OH excluding ortho intramolecular Hbond substituents is 1. The van der Waals surface area contributed by atoms with Crippen LogP contribution in [0.3, 0.4) is 0 Å². The highest BCUT2D eigenvalue weighted by Gasteiger charge is 2.09. The highest BCUT2D eigenvalue weighted by atomic mass is 16.3. The zero-order valence-electron chi connectivity index (χ0n) is 9.22. The quantitative estimate of drug-likeness (QED) is 0.805. The van der Waals surface area contributed by atoms with Crippen LogP contribution in [0.25, 0.3) is 0 Å². The lowest BCUT2D eigenvalue weighted by atomic mass is 9.98. The summed E-state index contributed by atoms with van der Waals surface area (Å²) in [6.45, 7) is 1.87. The molecule has 82 valence electrons. The Morgan fingerprint density at radius 2 is 1.69 bits per heavy atom. The van der Waals surface area contributed by atoms with E-state index in [4.69, 9.17) is 5.73 Å². The molecule has 2 aromatic carbocycles. The van der Waals surface area contributed by atoms with Crippen molar-refractivity contribution in [3.63, 3.8) is 0 Å². The summed E-state index contributed by atoms with van der Waals surface area (Å²) in [6.07, 6.45) is 0. The van der Waals surface area contributed by atoms with Crippen molar-refractivity contribution in [3.8, 4) is 5.75 Å². The maximum absolute atomic E-state index is 9.46. The first-order chi connectivity index (χ1) is 7.68. The predicted octanol–water partition coefficient (Wildman–Crippen LogP) is 2.75. The molecular weight excluding hydrogens is 198 g/mol. The summed E-state index contributed by atoms with van der Waals surface area (Å²) in [7, 11) is 0. The van der Waals surface area contributed by atoms with Gasteiger partial charge in [-0.1, -0.05) is 42.5 Å². The number of aryl methyl sites for hydroxylation is 1. The average Bonchev–Trinajstić information content (AvgIpc) is 2.33. The Balaban J connectivity index is 2.34. The third-order valence-electron chi connectivity index (χ3n) is 2.74. The van der Waals surface area contributed by atoms with Gasteiger partial charge in [-0.25, -0.2) is 0 Å². The van der Waals surface area contributed by atoms with E-state index >= 15 is 0 Å². The summed E-state index contributed by atoms with van der Waals surface area (Å²) < 4.78 is 0. The van der Waals surface area contributed by atoms with Gasteiger partial charge in [0.25, 0.3) is 0 Å². The molecule has 1 unspecified atom stereocenters. The van der Waals surface area contributed by atoms with Crippen molar-refractivity contribution >= 4 is 0 Å². The van der Waals surface area contributed by atoms with E-state index in [0.29, 0.717) is 5.75 Å². The van der Waals surface area contributed by atoms with E-state index in [-0.39, 0.29) is 6.04 Å². The van der Waals surface area contributed by atoms with E-state index in [1.165, 1.54) is 0 Å². The average molecular weight is 213 g/mol. The number of nitrogens with two attached hydrogens (primary N) is 1. The van der Waals surface area contributed by atoms with E-state index in [0.717, 1.165) is 16.7 Å². The number of aromatic hydroxyl groups is 1. The molecule has 3 N–H and O–H groups in total. The van der Waals surface area contributed by atoms with Gasteiger partial charge in [0.05, 0.1) is 6.04 Å². The lowest BCUT2D eigenvalue weighted by Gasteiger charge is -2.13. The van der Waals surface area contributed by atoms with Crippen LogP contribution in [0.2, 0.25) is 0 Å². The van der Waals surface area contributed by atoms with Crippen LogP contribution in [0.15, 0.2) is 48.5 Å². The second-order valence-electron chi connectivity index (χ2n) is 3.93. The molecule has 0 aliphatic rings. The smallest absolute Gasteiger partial charge is 0.118 e. The molecule has 0 saturated heterocycles. The number of phenols is 1. The van der Waals surface area contributed by atoms with E-state index in [2.05, 4.69) is 0 Å². The van der Waals surface area contributed by atoms with Gasteiger partial charge in [-0.3, -0.25) is 0 Å². The van der Waals surface area contributed by atoms with Crippen molar-refractivity contribution in [2.45, 2.75) is 13.0 Å². The van der Waals surface area contributed by atoms with Crippen LogP contribution >= 0.6 is 0 Å². The molecule has 1 atom stereocenters. The van der Waals surface area contributed by atoms with Crippen LogP contribution in [0, 0.1) is 6.92 Å². The summed E-state index contributed by atoms with van der Waals surface area (Å²) in [6, 6.07) is 15.3. The molecular formula is C14H15NO. The molecule has 2 aromatic rings. The molecule has 0 radical (unpaired) electrons. The van der Waals surface area contributed by atoms with Crippen molar-refractivity contribution in [2.75, 3.05) is 0 Å². The van der Waals surface area contributed by atoms with Crippen LogP contribution in [-0.2, 0) is 0 Å². The minimum Gasteiger partial charge on any atom is -0.508 e. The van der Waals surface area contributed by atoms with Crippen LogP contribution in [-0.4, -0.2) is 5.11 Å². The van der Waals surface area contributed by atoms with Crippen molar-refractivity contribution in [1.29, 1.82) is 0 Å². The summed E-state index contributed by atoms with van der Waals surface area (Å²) in [4.78, 5) is 0. The first-order valence-electron chi connectivity index (χ1n) is 5.28. The fourth-order valence-electron chi connectivity index (χ4n) is 1.72. The summed E-state index contributed by atoms with van der Waals surface area (Å²) in [5.74, 6) is 0.309. The van der Waals surface area contributed by atoms with E-state index in [9.17, 15) is 5.11 Å². The van der Waals surface area contributed by atoms with Gasteiger partial charge in [0.1, 0.15) is 5.75 Å². The van der Waals surface area contributed by atoms with Crippen LogP contribution in [0.1, 0.15) is 22.7 Å². The second kappa shape index (κ2) is 4.37. The fourth-order valence-corrected chi connectivity index (χ4v) is 1.72. The molecule has 0 amide bonds.